The van der Waals surface area contributed by atoms with Crippen LogP contribution in [0.5, 0.6) is 5.75 Å². The summed E-state index contributed by atoms with van der Waals surface area (Å²) in [4.78, 5) is 24.6. The molecule has 0 unspecified atom stereocenters. The third-order valence-corrected chi connectivity index (χ3v) is 4.68. The van der Waals surface area contributed by atoms with Crippen molar-refractivity contribution in [2.45, 2.75) is 44.8 Å². The molecule has 0 bridgehead atoms. The summed E-state index contributed by atoms with van der Waals surface area (Å²) < 4.78 is 16.3. The molecule has 154 valence electrons. The van der Waals surface area contributed by atoms with Crippen LogP contribution in [0.2, 0.25) is 0 Å². The van der Waals surface area contributed by atoms with Crippen molar-refractivity contribution in [2.24, 2.45) is 0 Å². The van der Waals surface area contributed by atoms with Crippen molar-refractivity contribution in [3.05, 3.63) is 65.7 Å². The van der Waals surface area contributed by atoms with Crippen molar-refractivity contribution in [3.8, 4) is 5.75 Å². The van der Waals surface area contributed by atoms with Crippen LogP contribution in [0, 0.1) is 0 Å². The van der Waals surface area contributed by atoms with Crippen LogP contribution in [0.1, 0.15) is 49.5 Å². The van der Waals surface area contributed by atoms with Crippen LogP contribution < -0.4 is 10.1 Å². The Morgan fingerprint density at radius 2 is 1.55 bits per heavy atom. The van der Waals surface area contributed by atoms with Crippen LogP contribution in [0.15, 0.2) is 54.6 Å². The minimum Gasteiger partial charge on any atom is -0.450 e. The lowest BCUT2D eigenvalue weighted by molar-refractivity contribution is -0.0378. The molecule has 1 aliphatic rings. The first-order valence-corrected chi connectivity index (χ1v) is 9.78. The van der Waals surface area contributed by atoms with E-state index in [0.717, 1.165) is 18.7 Å². The van der Waals surface area contributed by atoms with Crippen molar-refractivity contribution in [2.75, 3.05) is 13.1 Å². The maximum absolute atomic E-state index is 12.8. The van der Waals surface area contributed by atoms with Gasteiger partial charge in [-0.15, -0.1) is 0 Å². The normalized spacial score (nSPS) is 16.0. The van der Waals surface area contributed by atoms with Crippen molar-refractivity contribution in [1.29, 1.82) is 0 Å². The lowest BCUT2D eigenvalue weighted by Crippen LogP contribution is -2.43. The third kappa shape index (κ3) is 5.57. The Morgan fingerprint density at radius 1 is 0.931 bits per heavy atom. The second-order valence-electron chi connectivity index (χ2n) is 8.09. The molecule has 0 spiro atoms. The number of piperidine rings is 1. The fourth-order valence-electron chi connectivity index (χ4n) is 3.28. The number of hydrogen-bond acceptors (Lipinski definition) is 6. The molecule has 6 heteroatoms. The molecule has 1 N–H and O–H groups in total. The maximum atomic E-state index is 12.8. The van der Waals surface area contributed by atoms with Gasteiger partial charge in [-0.3, -0.25) is 0 Å². The van der Waals surface area contributed by atoms with E-state index in [0.29, 0.717) is 24.2 Å². The van der Waals surface area contributed by atoms with Gasteiger partial charge < -0.3 is 19.5 Å². The maximum Gasteiger partial charge on any atom is 0.514 e. The van der Waals surface area contributed by atoms with E-state index in [1.165, 1.54) is 0 Å². The first kappa shape index (κ1) is 20.9. The lowest BCUT2D eigenvalue weighted by Gasteiger charge is -2.37. The van der Waals surface area contributed by atoms with Crippen LogP contribution in [-0.2, 0) is 15.1 Å². The molecule has 0 saturated carbocycles. The van der Waals surface area contributed by atoms with E-state index < -0.39 is 23.3 Å². The molecule has 1 fully saturated rings. The standard InChI is InChI=1S/C23H27NO5/c1-22(2,3)29-21(26)27-19-11-9-17(10-12-19)20(25)28-23(13-15-24-16-14-23)18-7-5-4-6-8-18/h4-12,24H,13-16H2,1-3H3. The van der Waals surface area contributed by atoms with Crippen LogP contribution in [-0.4, -0.2) is 30.8 Å². The van der Waals surface area contributed by atoms with Gasteiger partial charge in [-0.05, 0) is 63.7 Å². The summed E-state index contributed by atoms with van der Waals surface area (Å²) in [5.74, 6) is -0.102. The number of carbonyl (C=O) groups excluding carboxylic acids is 2. The highest BCUT2D eigenvalue weighted by Crippen LogP contribution is 2.35. The highest BCUT2D eigenvalue weighted by Gasteiger charge is 2.38. The number of carbonyl (C=O) groups is 2. The van der Waals surface area contributed by atoms with Gasteiger partial charge in [0.05, 0.1) is 5.56 Å². The molecular weight excluding hydrogens is 370 g/mol. The number of nitrogens with one attached hydrogen (secondary N) is 1. The minimum absolute atomic E-state index is 0.301. The summed E-state index contributed by atoms with van der Waals surface area (Å²) in [6, 6.07) is 16.1. The number of rotatable bonds is 4. The molecule has 0 amide bonds. The van der Waals surface area contributed by atoms with Crippen LogP contribution in [0.25, 0.3) is 0 Å². The van der Waals surface area contributed by atoms with Crippen molar-refractivity contribution < 1.29 is 23.8 Å². The topological polar surface area (TPSA) is 73.9 Å². The predicted octanol–water partition coefficient (Wildman–Crippen LogP) is 4.44. The van der Waals surface area contributed by atoms with Crippen molar-refractivity contribution >= 4 is 12.1 Å². The summed E-state index contributed by atoms with van der Waals surface area (Å²) in [6.07, 6.45) is 0.635. The molecule has 1 aliphatic heterocycles. The Balaban J connectivity index is 1.70. The molecule has 2 aromatic rings. The zero-order valence-electron chi connectivity index (χ0n) is 17.1. The fraction of sp³-hybridized carbons (Fsp3) is 0.391. The van der Waals surface area contributed by atoms with E-state index in [1.807, 2.05) is 30.3 Å². The Hall–Kier alpha value is -2.86. The van der Waals surface area contributed by atoms with Gasteiger partial charge in [-0.1, -0.05) is 30.3 Å². The Morgan fingerprint density at radius 3 is 2.14 bits per heavy atom. The molecule has 1 heterocycles. The molecule has 0 aromatic heterocycles. The van der Waals surface area contributed by atoms with Gasteiger partial charge in [0.1, 0.15) is 17.0 Å². The molecule has 6 nitrogen and oxygen atoms in total. The number of esters is 1. The Labute approximate surface area is 171 Å². The summed E-state index contributed by atoms with van der Waals surface area (Å²) in [7, 11) is 0. The molecule has 0 aliphatic carbocycles. The summed E-state index contributed by atoms with van der Waals surface area (Å²) in [5.41, 5.74) is 0.117. The van der Waals surface area contributed by atoms with Gasteiger partial charge in [-0.25, -0.2) is 9.59 Å². The van der Waals surface area contributed by atoms with Gasteiger partial charge in [0, 0.05) is 12.8 Å². The molecular formula is C23H27NO5. The second-order valence-corrected chi connectivity index (χ2v) is 8.09. The average Bonchev–Trinajstić information content (AvgIpc) is 2.68. The van der Waals surface area contributed by atoms with Gasteiger partial charge in [0.15, 0.2) is 0 Å². The zero-order valence-corrected chi connectivity index (χ0v) is 17.1. The SMILES string of the molecule is CC(C)(C)OC(=O)Oc1ccc(C(=O)OC2(c3ccccc3)CCNCC2)cc1. The fourth-order valence-corrected chi connectivity index (χ4v) is 3.28. The van der Waals surface area contributed by atoms with Crippen molar-refractivity contribution in [3.63, 3.8) is 0 Å². The van der Waals surface area contributed by atoms with Gasteiger partial charge in [-0.2, -0.15) is 0 Å². The molecule has 0 radical (unpaired) electrons. The van der Waals surface area contributed by atoms with Crippen LogP contribution in [0.4, 0.5) is 4.79 Å². The van der Waals surface area contributed by atoms with Gasteiger partial charge >= 0.3 is 12.1 Å². The predicted molar refractivity (Wildman–Crippen MR) is 109 cm³/mol. The highest BCUT2D eigenvalue weighted by molar-refractivity contribution is 5.90. The number of hydrogen-bond donors (Lipinski definition) is 1. The van der Waals surface area contributed by atoms with E-state index in [-0.39, 0.29) is 0 Å². The van der Waals surface area contributed by atoms with Gasteiger partial charge in [0.2, 0.25) is 0 Å². The van der Waals surface area contributed by atoms with E-state index in [9.17, 15) is 9.59 Å². The Kier molecular flexibility index (Phi) is 6.23. The highest BCUT2D eigenvalue weighted by atomic mass is 16.7. The van der Waals surface area contributed by atoms with Crippen LogP contribution >= 0.6 is 0 Å². The summed E-state index contributed by atoms with van der Waals surface area (Å²) in [6.45, 7) is 6.85. The molecule has 2 aromatic carbocycles. The third-order valence-electron chi connectivity index (χ3n) is 4.68. The molecule has 0 atom stereocenters. The minimum atomic E-state index is -0.787. The van der Waals surface area contributed by atoms with E-state index in [4.69, 9.17) is 14.2 Å². The van der Waals surface area contributed by atoms with E-state index >= 15 is 0 Å². The molecule has 1 saturated heterocycles. The first-order valence-electron chi connectivity index (χ1n) is 9.78. The average molecular weight is 397 g/mol. The van der Waals surface area contributed by atoms with E-state index in [1.54, 1.807) is 45.0 Å². The number of benzene rings is 2. The smallest absolute Gasteiger partial charge is 0.450 e. The quantitative estimate of drug-likeness (QED) is 0.607. The zero-order chi connectivity index (χ0) is 20.9. The van der Waals surface area contributed by atoms with Gasteiger partial charge in [0.25, 0.3) is 0 Å². The van der Waals surface area contributed by atoms with E-state index in [2.05, 4.69) is 5.32 Å². The summed E-state index contributed by atoms with van der Waals surface area (Å²) >= 11 is 0. The largest absolute Gasteiger partial charge is 0.514 e. The monoisotopic (exact) mass is 397 g/mol. The summed E-state index contributed by atoms with van der Waals surface area (Å²) in [5, 5.41) is 3.31. The van der Waals surface area contributed by atoms with Crippen molar-refractivity contribution in [1.82, 2.24) is 5.32 Å². The number of ether oxygens (including phenoxy) is 3. The van der Waals surface area contributed by atoms with Crippen LogP contribution in [0.3, 0.4) is 0 Å². The molecule has 29 heavy (non-hydrogen) atoms. The molecule has 3 rings (SSSR count). The lowest BCUT2D eigenvalue weighted by atomic mass is 9.84. The first-order chi connectivity index (χ1) is 13.8. The Bertz CT molecular complexity index is 834. The second kappa shape index (κ2) is 8.66.